The third-order valence-electron chi connectivity index (χ3n) is 4.91. The number of imidazole rings is 1. The molecule has 2 heterocycles. The van der Waals surface area contributed by atoms with E-state index in [4.69, 9.17) is 0 Å². The lowest BCUT2D eigenvalue weighted by Crippen LogP contribution is -2.38. The van der Waals surface area contributed by atoms with Crippen LogP contribution in [0.1, 0.15) is 30.1 Å². The van der Waals surface area contributed by atoms with Crippen LogP contribution in [-0.2, 0) is 11.3 Å². The van der Waals surface area contributed by atoms with Crippen molar-refractivity contribution in [3.63, 3.8) is 0 Å². The zero-order valence-corrected chi connectivity index (χ0v) is 13.1. The van der Waals surface area contributed by atoms with E-state index in [-0.39, 0.29) is 28.8 Å². The van der Waals surface area contributed by atoms with Crippen LogP contribution in [0.4, 0.5) is 5.69 Å². The van der Waals surface area contributed by atoms with E-state index >= 15 is 0 Å². The van der Waals surface area contributed by atoms with Gasteiger partial charge in [0.05, 0.1) is 5.92 Å². The van der Waals surface area contributed by atoms with Crippen molar-refractivity contribution in [3.8, 4) is 0 Å². The first kappa shape index (κ1) is 17.2. The molecule has 2 aliphatic rings. The van der Waals surface area contributed by atoms with E-state index in [1.165, 1.54) is 5.56 Å². The highest BCUT2D eigenvalue weighted by Gasteiger charge is 2.43. The summed E-state index contributed by atoms with van der Waals surface area (Å²) in [7, 11) is 0. The molecule has 0 spiro atoms. The van der Waals surface area contributed by atoms with Crippen molar-refractivity contribution in [1.29, 1.82) is 0 Å². The summed E-state index contributed by atoms with van der Waals surface area (Å²) in [5.41, 5.74) is 2.32. The summed E-state index contributed by atoms with van der Waals surface area (Å²) in [4.78, 5) is 17.2. The number of anilines is 1. The van der Waals surface area contributed by atoms with Gasteiger partial charge in [0.1, 0.15) is 11.6 Å². The van der Waals surface area contributed by atoms with Gasteiger partial charge in [0.25, 0.3) is 0 Å². The molecule has 1 aliphatic heterocycles. The molecule has 1 aliphatic carbocycles. The van der Waals surface area contributed by atoms with Crippen LogP contribution in [0.25, 0.3) is 0 Å². The third-order valence-corrected chi connectivity index (χ3v) is 4.91. The van der Waals surface area contributed by atoms with Crippen LogP contribution in [0.15, 0.2) is 36.7 Å². The summed E-state index contributed by atoms with van der Waals surface area (Å²) in [5, 5.41) is 3.52. The Bertz CT molecular complexity index is 698. The molecule has 0 amide bonds. The number of carbonyl (C=O) groups excluding carboxylic acids is 1. The molecule has 3 unspecified atom stereocenters. The summed E-state index contributed by atoms with van der Waals surface area (Å²) < 4.78 is 2.09. The Morgan fingerprint density at radius 1 is 1.26 bits per heavy atom. The maximum absolute atomic E-state index is 12.9. The van der Waals surface area contributed by atoms with Crippen LogP contribution in [0.5, 0.6) is 0 Å². The normalized spacial score (nSPS) is 24.7. The molecule has 1 aromatic carbocycles. The summed E-state index contributed by atoms with van der Waals surface area (Å²) in [5.74, 6) is 1.50. The first-order chi connectivity index (χ1) is 10.2. The molecule has 2 aromatic rings. The summed E-state index contributed by atoms with van der Waals surface area (Å²) >= 11 is 0. The number of carbonyl (C=O) groups is 1. The maximum atomic E-state index is 12.9. The van der Waals surface area contributed by atoms with Gasteiger partial charge in [-0.1, -0.05) is 18.2 Å². The van der Waals surface area contributed by atoms with Crippen molar-refractivity contribution in [2.75, 3.05) is 5.32 Å². The lowest BCUT2D eigenvalue weighted by Gasteiger charge is -2.31. The van der Waals surface area contributed by atoms with E-state index in [9.17, 15) is 4.79 Å². The Morgan fingerprint density at radius 3 is 2.78 bits per heavy atom. The molecule has 124 valence electrons. The second-order valence-corrected chi connectivity index (χ2v) is 6.12. The lowest BCUT2D eigenvalue weighted by molar-refractivity contribution is -0.126. The van der Waals surface area contributed by atoms with Crippen molar-refractivity contribution >= 4 is 11.5 Å². The van der Waals surface area contributed by atoms with Crippen LogP contribution in [0.2, 0.25) is 0 Å². The zero-order valence-electron chi connectivity index (χ0n) is 13.1. The largest absolute Gasteiger partial charge is 0.412 e. The molecule has 0 bridgehead atoms. The number of hydrogen-bond acceptors (Lipinski definition) is 3. The minimum Gasteiger partial charge on any atom is -0.412 e. The highest BCUT2D eigenvalue weighted by molar-refractivity contribution is 5.93. The molecular weight excluding hydrogens is 294 g/mol. The average molecular weight is 317 g/mol. The van der Waals surface area contributed by atoms with Gasteiger partial charge in [-0.2, -0.15) is 0 Å². The van der Waals surface area contributed by atoms with E-state index in [1.807, 2.05) is 25.3 Å². The number of hydrogen-bond donors (Lipinski definition) is 1. The highest BCUT2D eigenvalue weighted by atomic mass is 16.1. The molecule has 6 nitrogen and oxygen atoms in total. The summed E-state index contributed by atoms with van der Waals surface area (Å²) in [6, 6.07) is 8.51. The van der Waals surface area contributed by atoms with Gasteiger partial charge >= 0.3 is 0 Å². The van der Waals surface area contributed by atoms with Crippen LogP contribution in [0, 0.1) is 12.8 Å². The van der Waals surface area contributed by atoms with Crippen molar-refractivity contribution in [3.05, 3.63) is 48.0 Å². The number of nitrogens with zero attached hydrogens (tertiary/aromatic N) is 2. The Hall–Kier alpha value is -2.18. The first-order valence-corrected chi connectivity index (χ1v) is 7.61. The number of benzene rings is 1. The Kier molecular flexibility index (Phi) is 4.87. The van der Waals surface area contributed by atoms with Crippen molar-refractivity contribution in [2.45, 2.75) is 38.3 Å². The first-order valence-electron chi connectivity index (χ1n) is 7.61. The fourth-order valence-electron chi connectivity index (χ4n) is 3.78. The Morgan fingerprint density at radius 2 is 2.04 bits per heavy atom. The molecule has 0 saturated heterocycles. The monoisotopic (exact) mass is 317 g/mol. The van der Waals surface area contributed by atoms with Crippen LogP contribution < -0.4 is 5.32 Å². The molecule has 5 N–H and O–H groups in total. The molecule has 0 radical (unpaired) electrons. The predicted molar refractivity (Wildman–Crippen MR) is 88.5 cm³/mol. The zero-order chi connectivity index (χ0) is 14.4. The van der Waals surface area contributed by atoms with Crippen molar-refractivity contribution in [2.24, 2.45) is 5.92 Å². The van der Waals surface area contributed by atoms with Gasteiger partial charge < -0.3 is 20.8 Å². The maximum Gasteiger partial charge on any atom is 0.147 e. The van der Waals surface area contributed by atoms with Crippen molar-refractivity contribution < 1.29 is 15.7 Å². The summed E-state index contributed by atoms with van der Waals surface area (Å²) in [6.07, 6.45) is 5.79. The minimum absolute atomic E-state index is 0. The Balaban J connectivity index is 0.000000960. The Labute approximate surface area is 135 Å². The topological polar surface area (TPSA) is 110 Å². The smallest absolute Gasteiger partial charge is 0.147 e. The summed E-state index contributed by atoms with van der Waals surface area (Å²) in [6.45, 7) is 2.75. The van der Waals surface area contributed by atoms with Gasteiger partial charge in [0.15, 0.2) is 0 Å². The van der Waals surface area contributed by atoms with Gasteiger partial charge in [0.2, 0.25) is 0 Å². The lowest BCUT2D eigenvalue weighted by atomic mass is 9.75. The number of fused-ring (bicyclic) bond motifs is 3. The quantitative estimate of drug-likeness (QED) is 0.895. The molecule has 23 heavy (non-hydrogen) atoms. The van der Waals surface area contributed by atoms with E-state index in [0.717, 1.165) is 30.9 Å². The number of nitrogens with one attached hydrogen (secondary N) is 1. The SMILES string of the molecule is Cc1nccn1CC1CCC2Nc3ccccc3C2C1=O.O.O. The van der Waals surface area contributed by atoms with Crippen LogP contribution in [-0.4, -0.2) is 32.3 Å². The molecule has 1 fully saturated rings. The number of Topliss-reactive ketones (excluding diaryl/α,β-unsaturated/α-hetero) is 1. The molecule has 6 heteroatoms. The fraction of sp³-hybridized carbons (Fsp3) is 0.412. The number of ketones is 1. The second-order valence-electron chi connectivity index (χ2n) is 6.12. The number of rotatable bonds is 2. The third kappa shape index (κ3) is 2.75. The van der Waals surface area contributed by atoms with E-state index < -0.39 is 0 Å². The number of aromatic nitrogens is 2. The standard InChI is InChI=1S/C17H19N3O.2H2O/c1-11-18-8-9-20(11)10-12-6-7-15-16(17(12)21)13-4-2-3-5-14(13)19-15;;/h2-5,8-9,12,15-16,19H,6-7,10H2,1H3;2*1H2. The van der Waals surface area contributed by atoms with Crippen LogP contribution >= 0.6 is 0 Å². The number of aryl methyl sites for hydroxylation is 1. The second kappa shape index (κ2) is 6.52. The van der Waals surface area contributed by atoms with Crippen molar-refractivity contribution in [1.82, 2.24) is 9.55 Å². The van der Waals surface area contributed by atoms with Gasteiger partial charge in [0, 0.05) is 36.6 Å². The molecule has 4 rings (SSSR count). The minimum atomic E-state index is 0. The predicted octanol–water partition coefficient (Wildman–Crippen LogP) is 1.10. The molecular formula is C17H23N3O3. The molecule has 1 saturated carbocycles. The fourth-order valence-corrected chi connectivity index (χ4v) is 3.78. The molecule has 1 aromatic heterocycles. The van der Waals surface area contributed by atoms with Gasteiger partial charge in [-0.15, -0.1) is 0 Å². The van der Waals surface area contributed by atoms with Gasteiger partial charge in [-0.25, -0.2) is 4.98 Å². The molecule has 3 atom stereocenters. The van der Waals surface area contributed by atoms with Crippen LogP contribution in [0.3, 0.4) is 0 Å². The highest BCUT2D eigenvalue weighted by Crippen LogP contribution is 2.43. The average Bonchev–Trinajstić information content (AvgIpc) is 3.06. The van der Waals surface area contributed by atoms with Gasteiger partial charge in [-0.05, 0) is 31.4 Å². The van der Waals surface area contributed by atoms with E-state index in [1.54, 1.807) is 6.20 Å². The van der Waals surface area contributed by atoms with E-state index in [0.29, 0.717) is 5.78 Å². The van der Waals surface area contributed by atoms with Gasteiger partial charge in [-0.3, -0.25) is 4.79 Å². The van der Waals surface area contributed by atoms with E-state index in [2.05, 4.69) is 27.0 Å². The number of para-hydroxylation sites is 1.